The number of benzene rings is 1. The maximum absolute atomic E-state index is 13.0. The molecule has 26 heavy (non-hydrogen) atoms. The van der Waals surface area contributed by atoms with Crippen LogP contribution in [0.1, 0.15) is 27.2 Å². The van der Waals surface area contributed by atoms with Gasteiger partial charge in [0.05, 0.1) is 21.3 Å². The first-order valence-corrected chi connectivity index (χ1v) is 8.76. The number of nitrogens with zero attached hydrogens (tertiary/aromatic N) is 3. The van der Waals surface area contributed by atoms with Crippen LogP contribution in [-0.4, -0.2) is 20.7 Å². The summed E-state index contributed by atoms with van der Waals surface area (Å²) in [4.78, 5) is 17.3. The predicted octanol–water partition coefficient (Wildman–Crippen LogP) is 4.97. The quantitative estimate of drug-likeness (QED) is 0.688. The highest BCUT2D eigenvalue weighted by Crippen LogP contribution is 2.32. The average Bonchev–Trinajstić information content (AvgIpc) is 2.80. The fourth-order valence-corrected chi connectivity index (χ4v) is 3.50. The van der Waals surface area contributed by atoms with Gasteiger partial charge in [-0.05, 0) is 50.1 Å². The third kappa shape index (κ3) is 3.59. The lowest BCUT2D eigenvalue weighted by atomic mass is 10.1. The highest BCUT2D eigenvalue weighted by Gasteiger charge is 2.24. The minimum atomic E-state index is -0.261. The molecule has 1 amide bonds. The summed E-state index contributed by atoms with van der Waals surface area (Å²) in [7, 11) is 1.75. The van der Waals surface area contributed by atoms with Crippen molar-refractivity contribution in [3.05, 3.63) is 62.9 Å². The molecule has 3 aromatic rings. The van der Waals surface area contributed by atoms with E-state index in [0.29, 0.717) is 32.7 Å². The minimum Gasteiger partial charge on any atom is -0.322 e. The fourth-order valence-electron chi connectivity index (χ4n) is 3.03. The number of amides is 1. The number of hydrogen-bond donors (Lipinski definition) is 1. The summed E-state index contributed by atoms with van der Waals surface area (Å²) in [6, 6.07) is 7.49. The van der Waals surface area contributed by atoms with E-state index in [1.165, 1.54) is 6.20 Å². The number of hydrogen-bond acceptors (Lipinski definition) is 3. The molecule has 0 saturated carbocycles. The van der Waals surface area contributed by atoms with E-state index in [4.69, 9.17) is 23.2 Å². The maximum Gasteiger partial charge on any atom is 0.259 e. The van der Waals surface area contributed by atoms with E-state index < -0.39 is 0 Å². The molecule has 3 rings (SSSR count). The summed E-state index contributed by atoms with van der Waals surface area (Å²) in [5.41, 5.74) is 4.92. The van der Waals surface area contributed by atoms with Gasteiger partial charge >= 0.3 is 0 Å². The molecule has 0 atom stereocenters. The van der Waals surface area contributed by atoms with Gasteiger partial charge in [-0.3, -0.25) is 14.5 Å². The molecule has 1 aromatic carbocycles. The van der Waals surface area contributed by atoms with Crippen molar-refractivity contribution in [2.45, 2.75) is 20.8 Å². The van der Waals surface area contributed by atoms with Crippen LogP contribution in [0, 0.1) is 20.8 Å². The first-order valence-electron chi connectivity index (χ1n) is 8.01. The van der Waals surface area contributed by atoms with Gasteiger partial charge in [-0.25, -0.2) is 0 Å². The lowest BCUT2D eigenvalue weighted by molar-refractivity contribution is 0.102. The normalized spacial score (nSPS) is 10.8. The molecule has 134 valence electrons. The Morgan fingerprint density at radius 3 is 2.35 bits per heavy atom. The SMILES string of the molecule is Cc1cc(C)cc(NC(=O)c2c(C)nn(C)c2-c2ncc(Cl)cc2Cl)c1. The first kappa shape index (κ1) is 18.4. The summed E-state index contributed by atoms with van der Waals surface area (Å²) >= 11 is 12.2. The lowest BCUT2D eigenvalue weighted by Crippen LogP contribution is -2.14. The van der Waals surface area contributed by atoms with E-state index in [1.807, 2.05) is 32.0 Å². The minimum absolute atomic E-state index is 0.261. The average molecular weight is 389 g/mol. The summed E-state index contributed by atoms with van der Waals surface area (Å²) in [6.45, 7) is 5.76. The Labute approximate surface area is 162 Å². The van der Waals surface area contributed by atoms with E-state index in [-0.39, 0.29) is 5.91 Å². The number of halogens is 2. The van der Waals surface area contributed by atoms with Gasteiger partial charge in [0.2, 0.25) is 0 Å². The molecule has 2 heterocycles. The number of anilines is 1. The van der Waals surface area contributed by atoms with Crippen LogP contribution in [0.2, 0.25) is 10.0 Å². The van der Waals surface area contributed by atoms with Gasteiger partial charge in [0.15, 0.2) is 0 Å². The lowest BCUT2D eigenvalue weighted by Gasteiger charge is -2.10. The van der Waals surface area contributed by atoms with Gasteiger partial charge in [-0.2, -0.15) is 5.10 Å². The van der Waals surface area contributed by atoms with Crippen molar-refractivity contribution in [3.8, 4) is 11.4 Å². The molecule has 0 bridgehead atoms. The number of pyridine rings is 1. The van der Waals surface area contributed by atoms with Crippen molar-refractivity contribution in [1.29, 1.82) is 0 Å². The monoisotopic (exact) mass is 388 g/mol. The number of nitrogens with one attached hydrogen (secondary N) is 1. The molecule has 0 unspecified atom stereocenters. The molecular weight excluding hydrogens is 371 g/mol. The van der Waals surface area contributed by atoms with E-state index >= 15 is 0 Å². The molecule has 0 spiro atoms. The van der Waals surface area contributed by atoms with Gasteiger partial charge in [-0.15, -0.1) is 0 Å². The largest absolute Gasteiger partial charge is 0.322 e. The standard InChI is InChI=1S/C19H18Cl2N4O/c1-10-5-11(2)7-14(6-10)23-19(26)16-12(3)24-25(4)18(16)17-15(21)8-13(20)9-22-17/h5-9H,1-4H3,(H,23,26). The van der Waals surface area contributed by atoms with E-state index in [9.17, 15) is 4.79 Å². The third-order valence-corrected chi connectivity index (χ3v) is 4.46. The summed E-state index contributed by atoms with van der Waals surface area (Å²) < 4.78 is 1.61. The van der Waals surface area contributed by atoms with Gasteiger partial charge in [-0.1, -0.05) is 29.3 Å². The molecular formula is C19H18Cl2N4O. The zero-order valence-corrected chi connectivity index (χ0v) is 16.4. The van der Waals surface area contributed by atoms with Crippen LogP contribution in [0.5, 0.6) is 0 Å². The van der Waals surface area contributed by atoms with Crippen LogP contribution in [0.15, 0.2) is 30.5 Å². The number of carbonyl (C=O) groups excluding carboxylic acids is 1. The smallest absolute Gasteiger partial charge is 0.259 e. The van der Waals surface area contributed by atoms with E-state index in [0.717, 1.165) is 16.8 Å². The Morgan fingerprint density at radius 2 is 1.73 bits per heavy atom. The van der Waals surface area contributed by atoms with Crippen LogP contribution in [-0.2, 0) is 7.05 Å². The van der Waals surface area contributed by atoms with Crippen LogP contribution < -0.4 is 5.32 Å². The molecule has 2 aromatic heterocycles. The van der Waals surface area contributed by atoms with Crippen molar-refractivity contribution in [2.75, 3.05) is 5.32 Å². The fraction of sp³-hybridized carbons (Fsp3) is 0.211. The van der Waals surface area contributed by atoms with Crippen LogP contribution in [0.4, 0.5) is 5.69 Å². The van der Waals surface area contributed by atoms with Crippen molar-refractivity contribution in [3.63, 3.8) is 0 Å². The molecule has 0 aliphatic carbocycles. The number of aromatic nitrogens is 3. The van der Waals surface area contributed by atoms with Crippen LogP contribution in [0.25, 0.3) is 11.4 Å². The zero-order chi connectivity index (χ0) is 19.0. The third-order valence-electron chi connectivity index (χ3n) is 3.96. The molecule has 5 nitrogen and oxygen atoms in total. The van der Waals surface area contributed by atoms with Gasteiger partial charge in [0.25, 0.3) is 5.91 Å². The number of aryl methyl sites for hydroxylation is 4. The van der Waals surface area contributed by atoms with Gasteiger partial charge < -0.3 is 5.32 Å². The highest BCUT2D eigenvalue weighted by atomic mass is 35.5. The molecule has 0 radical (unpaired) electrons. The van der Waals surface area contributed by atoms with E-state index in [1.54, 1.807) is 24.7 Å². The van der Waals surface area contributed by atoms with E-state index in [2.05, 4.69) is 15.4 Å². The highest BCUT2D eigenvalue weighted by molar-refractivity contribution is 6.36. The molecule has 0 fully saturated rings. The number of carbonyl (C=O) groups is 1. The zero-order valence-electron chi connectivity index (χ0n) is 14.9. The van der Waals surface area contributed by atoms with Crippen molar-refractivity contribution < 1.29 is 4.79 Å². The van der Waals surface area contributed by atoms with Crippen molar-refractivity contribution in [2.24, 2.45) is 7.05 Å². The van der Waals surface area contributed by atoms with Crippen molar-refractivity contribution in [1.82, 2.24) is 14.8 Å². The Balaban J connectivity index is 2.06. The van der Waals surface area contributed by atoms with Crippen LogP contribution >= 0.6 is 23.2 Å². The second kappa shape index (κ2) is 7.09. The maximum atomic E-state index is 13.0. The second-order valence-electron chi connectivity index (χ2n) is 6.25. The van der Waals surface area contributed by atoms with Gasteiger partial charge in [0, 0.05) is 18.9 Å². The summed E-state index contributed by atoms with van der Waals surface area (Å²) in [5.74, 6) is -0.261. The summed E-state index contributed by atoms with van der Waals surface area (Å²) in [5, 5.41) is 8.11. The Bertz CT molecular complexity index is 991. The Hall–Kier alpha value is -2.37. The predicted molar refractivity (Wildman–Crippen MR) is 105 cm³/mol. The first-order chi connectivity index (χ1) is 12.3. The van der Waals surface area contributed by atoms with Crippen LogP contribution in [0.3, 0.4) is 0 Å². The van der Waals surface area contributed by atoms with Crippen molar-refractivity contribution >= 4 is 34.8 Å². The molecule has 0 aliphatic rings. The summed E-state index contributed by atoms with van der Waals surface area (Å²) in [6.07, 6.45) is 1.50. The molecule has 0 saturated heterocycles. The number of rotatable bonds is 3. The van der Waals surface area contributed by atoms with Gasteiger partial charge in [0.1, 0.15) is 11.4 Å². The Kier molecular flexibility index (Phi) is 5.03. The molecule has 1 N–H and O–H groups in total. The topological polar surface area (TPSA) is 59.8 Å². The second-order valence-corrected chi connectivity index (χ2v) is 7.09. The molecule has 0 aliphatic heterocycles. The Morgan fingerprint density at radius 1 is 1.08 bits per heavy atom. The molecule has 7 heteroatoms.